The third-order valence-electron chi connectivity index (χ3n) is 2.36. The third-order valence-corrected chi connectivity index (χ3v) is 2.36. The molecule has 0 amide bonds. The Labute approximate surface area is 92.8 Å². The van der Waals surface area contributed by atoms with E-state index in [-0.39, 0.29) is 5.82 Å². The second-order valence-electron chi connectivity index (χ2n) is 3.50. The number of hydrogen-bond acceptors (Lipinski definition) is 2. The second-order valence-corrected chi connectivity index (χ2v) is 3.50. The van der Waals surface area contributed by atoms with Crippen LogP contribution in [-0.4, -0.2) is 11.3 Å². The van der Waals surface area contributed by atoms with E-state index in [9.17, 15) is 9.18 Å². The Kier molecular flexibility index (Phi) is 2.77. The van der Waals surface area contributed by atoms with Crippen molar-refractivity contribution in [2.45, 2.75) is 6.92 Å². The summed E-state index contributed by atoms with van der Waals surface area (Å²) in [5.74, 6) is -0.281. The molecule has 0 radical (unpaired) electrons. The number of halogens is 1. The van der Waals surface area contributed by atoms with Gasteiger partial charge in [0.05, 0.1) is 0 Å². The van der Waals surface area contributed by atoms with Gasteiger partial charge in [-0.1, -0.05) is 18.2 Å². The van der Waals surface area contributed by atoms with Gasteiger partial charge in [-0.25, -0.2) is 9.37 Å². The Morgan fingerprint density at radius 2 is 2.06 bits per heavy atom. The third kappa shape index (κ3) is 1.98. The molecule has 0 unspecified atom stereocenters. The lowest BCUT2D eigenvalue weighted by molar-refractivity contribution is 0.111. The van der Waals surface area contributed by atoms with E-state index in [4.69, 9.17) is 0 Å². The topological polar surface area (TPSA) is 30.0 Å². The molecule has 2 rings (SSSR count). The first-order valence-electron chi connectivity index (χ1n) is 4.89. The van der Waals surface area contributed by atoms with Crippen molar-refractivity contribution in [1.29, 1.82) is 0 Å². The van der Waals surface area contributed by atoms with Gasteiger partial charge >= 0.3 is 0 Å². The number of aromatic nitrogens is 1. The number of carbonyl (C=O) groups excluding carboxylic acids is 1. The van der Waals surface area contributed by atoms with Crippen LogP contribution in [0.3, 0.4) is 0 Å². The summed E-state index contributed by atoms with van der Waals surface area (Å²) in [6, 6.07) is 9.71. The van der Waals surface area contributed by atoms with Crippen LogP contribution in [0.15, 0.2) is 36.4 Å². The zero-order chi connectivity index (χ0) is 11.5. The number of nitrogens with zero attached hydrogens (tertiary/aromatic N) is 1. The molecule has 80 valence electrons. The van der Waals surface area contributed by atoms with Crippen molar-refractivity contribution in [3.8, 4) is 11.1 Å². The monoisotopic (exact) mass is 215 g/mol. The maximum absolute atomic E-state index is 13.1. The molecule has 16 heavy (non-hydrogen) atoms. The molecular formula is C13H10FNO. The zero-order valence-corrected chi connectivity index (χ0v) is 8.77. The van der Waals surface area contributed by atoms with E-state index < -0.39 is 0 Å². The summed E-state index contributed by atoms with van der Waals surface area (Å²) in [7, 11) is 0. The fourth-order valence-corrected chi connectivity index (χ4v) is 1.61. The minimum atomic E-state index is -0.281. The molecule has 0 fully saturated rings. The Morgan fingerprint density at radius 3 is 2.69 bits per heavy atom. The molecular weight excluding hydrogens is 205 g/mol. The summed E-state index contributed by atoms with van der Waals surface area (Å²) in [6.45, 7) is 1.80. The Balaban J connectivity index is 2.52. The predicted molar refractivity (Wildman–Crippen MR) is 59.8 cm³/mol. The van der Waals surface area contributed by atoms with Gasteiger partial charge in [-0.2, -0.15) is 0 Å². The Bertz CT molecular complexity index is 537. The van der Waals surface area contributed by atoms with E-state index in [0.29, 0.717) is 12.0 Å². The molecule has 0 aliphatic rings. The van der Waals surface area contributed by atoms with Crippen molar-refractivity contribution in [2.75, 3.05) is 0 Å². The molecule has 0 spiro atoms. The van der Waals surface area contributed by atoms with E-state index in [0.717, 1.165) is 16.8 Å². The fraction of sp³-hybridized carbons (Fsp3) is 0.0769. The summed E-state index contributed by atoms with van der Waals surface area (Å²) in [5.41, 5.74) is 2.71. The van der Waals surface area contributed by atoms with Crippen molar-refractivity contribution >= 4 is 6.29 Å². The maximum Gasteiger partial charge on any atom is 0.168 e. The van der Waals surface area contributed by atoms with E-state index >= 15 is 0 Å². The molecule has 2 nitrogen and oxygen atoms in total. The average Bonchev–Trinajstić information content (AvgIpc) is 2.28. The smallest absolute Gasteiger partial charge is 0.168 e. The van der Waals surface area contributed by atoms with Crippen molar-refractivity contribution in [3.05, 3.63) is 53.6 Å². The highest BCUT2D eigenvalue weighted by atomic mass is 19.1. The molecule has 0 N–H and O–H groups in total. The maximum atomic E-state index is 13.1. The van der Waals surface area contributed by atoms with Gasteiger partial charge in [0.2, 0.25) is 0 Å². The fourth-order valence-electron chi connectivity index (χ4n) is 1.61. The van der Waals surface area contributed by atoms with Gasteiger partial charge in [-0.15, -0.1) is 0 Å². The lowest BCUT2D eigenvalue weighted by Gasteiger charge is -2.05. The highest BCUT2D eigenvalue weighted by molar-refractivity contribution is 5.74. The summed E-state index contributed by atoms with van der Waals surface area (Å²) in [5, 5.41) is 0. The summed E-state index contributed by atoms with van der Waals surface area (Å²) >= 11 is 0. The lowest BCUT2D eigenvalue weighted by atomic mass is 10.0. The molecule has 0 saturated heterocycles. The number of aryl methyl sites for hydroxylation is 1. The van der Waals surface area contributed by atoms with Crippen LogP contribution in [0.2, 0.25) is 0 Å². The van der Waals surface area contributed by atoms with E-state index in [2.05, 4.69) is 4.98 Å². The van der Waals surface area contributed by atoms with Gasteiger partial charge in [-0.3, -0.25) is 4.79 Å². The first-order valence-corrected chi connectivity index (χ1v) is 4.89. The summed E-state index contributed by atoms with van der Waals surface area (Å²) in [4.78, 5) is 14.6. The largest absolute Gasteiger partial charge is 0.296 e. The summed E-state index contributed by atoms with van der Waals surface area (Å²) < 4.78 is 13.1. The zero-order valence-electron chi connectivity index (χ0n) is 8.77. The number of benzene rings is 1. The van der Waals surface area contributed by atoms with Crippen molar-refractivity contribution < 1.29 is 9.18 Å². The molecule has 0 aliphatic heterocycles. The second kappa shape index (κ2) is 4.23. The number of hydrogen-bond donors (Lipinski definition) is 0. The highest BCUT2D eigenvalue weighted by Crippen LogP contribution is 2.22. The van der Waals surface area contributed by atoms with Crippen LogP contribution in [0, 0.1) is 12.7 Å². The number of carbonyl (C=O) groups is 1. The first kappa shape index (κ1) is 10.5. The molecule has 3 heteroatoms. The van der Waals surface area contributed by atoms with Gasteiger partial charge in [0.15, 0.2) is 6.29 Å². The molecule has 0 aliphatic carbocycles. The molecule has 0 atom stereocenters. The van der Waals surface area contributed by atoms with Crippen LogP contribution < -0.4 is 0 Å². The van der Waals surface area contributed by atoms with E-state index in [1.165, 1.54) is 12.1 Å². The summed E-state index contributed by atoms with van der Waals surface area (Å²) in [6.07, 6.45) is 0.697. The molecule has 0 bridgehead atoms. The highest BCUT2D eigenvalue weighted by Gasteiger charge is 2.04. The number of rotatable bonds is 2. The standard InChI is InChI=1S/C13H10FNO/c1-9-13(6-5-12(8-16)15-9)10-3-2-4-11(14)7-10/h2-8H,1H3. The van der Waals surface area contributed by atoms with Gasteiger partial charge in [-0.05, 0) is 30.7 Å². The van der Waals surface area contributed by atoms with Crippen LogP contribution in [0.25, 0.3) is 11.1 Å². The van der Waals surface area contributed by atoms with Crippen LogP contribution in [-0.2, 0) is 0 Å². The van der Waals surface area contributed by atoms with Crippen LogP contribution in [0.4, 0.5) is 4.39 Å². The average molecular weight is 215 g/mol. The molecule has 2 aromatic rings. The van der Waals surface area contributed by atoms with Gasteiger partial charge in [0.1, 0.15) is 11.5 Å². The van der Waals surface area contributed by atoms with Gasteiger partial charge in [0.25, 0.3) is 0 Å². The quantitative estimate of drug-likeness (QED) is 0.721. The first-order chi connectivity index (χ1) is 7.70. The van der Waals surface area contributed by atoms with Crippen molar-refractivity contribution in [3.63, 3.8) is 0 Å². The SMILES string of the molecule is Cc1nc(C=O)ccc1-c1cccc(F)c1. The molecule has 1 aromatic carbocycles. The molecule has 1 aromatic heterocycles. The predicted octanol–water partition coefficient (Wildman–Crippen LogP) is 3.01. The van der Waals surface area contributed by atoms with Gasteiger partial charge in [0, 0.05) is 11.3 Å². The van der Waals surface area contributed by atoms with Crippen molar-refractivity contribution in [2.24, 2.45) is 0 Å². The minimum absolute atomic E-state index is 0.281. The van der Waals surface area contributed by atoms with E-state index in [1.807, 2.05) is 6.07 Å². The minimum Gasteiger partial charge on any atom is -0.296 e. The van der Waals surface area contributed by atoms with Crippen molar-refractivity contribution in [1.82, 2.24) is 4.98 Å². The van der Waals surface area contributed by atoms with Gasteiger partial charge < -0.3 is 0 Å². The molecule has 1 heterocycles. The number of aldehydes is 1. The Morgan fingerprint density at radius 1 is 1.25 bits per heavy atom. The normalized spacial score (nSPS) is 10.1. The van der Waals surface area contributed by atoms with Crippen LogP contribution in [0.5, 0.6) is 0 Å². The Hall–Kier alpha value is -2.03. The van der Waals surface area contributed by atoms with E-state index in [1.54, 1.807) is 25.1 Å². The molecule has 0 saturated carbocycles. The van der Waals surface area contributed by atoms with Crippen LogP contribution >= 0.6 is 0 Å². The number of pyridine rings is 1. The van der Waals surface area contributed by atoms with Crippen LogP contribution in [0.1, 0.15) is 16.2 Å². The lowest BCUT2D eigenvalue weighted by Crippen LogP contribution is -1.93.